The van der Waals surface area contributed by atoms with Gasteiger partial charge in [-0.3, -0.25) is 14.7 Å². The van der Waals surface area contributed by atoms with Crippen LogP contribution in [-0.2, 0) is 16.1 Å². The largest absolute Gasteiger partial charge is 0.380 e. The number of hydrogen-bond acceptors (Lipinski definition) is 4. The number of rotatable bonds is 5. The molecule has 1 aromatic heterocycles. The first-order chi connectivity index (χ1) is 9.63. The van der Waals surface area contributed by atoms with Crippen molar-refractivity contribution in [2.45, 2.75) is 26.0 Å². The first-order valence-electron chi connectivity index (χ1n) is 7.00. The molecule has 1 aliphatic rings. The van der Waals surface area contributed by atoms with Crippen LogP contribution in [-0.4, -0.2) is 49.1 Å². The Kier molecular flexibility index (Phi) is 5.09. The molecule has 1 saturated heterocycles. The van der Waals surface area contributed by atoms with Gasteiger partial charge in [0.15, 0.2) is 0 Å². The van der Waals surface area contributed by atoms with E-state index in [1.54, 1.807) is 14.2 Å². The molecule has 0 radical (unpaired) electrons. The quantitative estimate of drug-likeness (QED) is 0.871. The number of aryl methyl sites for hydroxylation is 1. The van der Waals surface area contributed by atoms with E-state index in [0.29, 0.717) is 6.42 Å². The molecular formula is C15H23N3O2. The van der Waals surface area contributed by atoms with Crippen LogP contribution < -0.4 is 5.32 Å². The zero-order chi connectivity index (χ0) is 14.5. The maximum Gasteiger partial charge on any atom is 0.220 e. The highest BCUT2D eigenvalue weighted by atomic mass is 16.5. The number of amides is 1. The molecule has 1 fully saturated rings. The average molecular weight is 277 g/mol. The van der Waals surface area contributed by atoms with E-state index in [4.69, 9.17) is 4.74 Å². The van der Waals surface area contributed by atoms with E-state index < -0.39 is 0 Å². The van der Waals surface area contributed by atoms with Crippen molar-refractivity contribution >= 4 is 5.91 Å². The third-order valence-corrected chi connectivity index (χ3v) is 3.98. The summed E-state index contributed by atoms with van der Waals surface area (Å²) in [4.78, 5) is 18.3. The number of hydrogen-bond donors (Lipinski definition) is 1. The third-order valence-electron chi connectivity index (χ3n) is 3.98. The SMILES string of the molecule is CNC(=O)C[C@H]1CN(Cc2ncccc2C)C[C@@H]1OC. The number of aromatic nitrogens is 1. The zero-order valence-corrected chi connectivity index (χ0v) is 12.4. The fourth-order valence-electron chi connectivity index (χ4n) is 2.76. The second-order valence-electron chi connectivity index (χ2n) is 5.37. The summed E-state index contributed by atoms with van der Waals surface area (Å²) in [6, 6.07) is 4.03. The molecule has 20 heavy (non-hydrogen) atoms. The molecule has 0 saturated carbocycles. The molecule has 5 heteroatoms. The lowest BCUT2D eigenvalue weighted by molar-refractivity contribution is -0.122. The van der Waals surface area contributed by atoms with Gasteiger partial charge in [0.25, 0.3) is 0 Å². The van der Waals surface area contributed by atoms with Crippen LogP contribution in [0.4, 0.5) is 0 Å². The lowest BCUT2D eigenvalue weighted by atomic mass is 10.0. The Hall–Kier alpha value is -1.46. The Bertz CT molecular complexity index is 464. The number of nitrogens with one attached hydrogen (secondary N) is 1. The molecule has 0 unspecified atom stereocenters. The fourth-order valence-corrected chi connectivity index (χ4v) is 2.76. The summed E-state index contributed by atoms with van der Waals surface area (Å²) in [6.07, 6.45) is 2.47. The van der Waals surface area contributed by atoms with Gasteiger partial charge in [0, 0.05) is 52.3 Å². The molecule has 1 aliphatic heterocycles. The number of methoxy groups -OCH3 is 1. The molecule has 2 heterocycles. The van der Waals surface area contributed by atoms with Crippen LogP contribution in [0.25, 0.3) is 0 Å². The Morgan fingerprint density at radius 1 is 1.55 bits per heavy atom. The minimum absolute atomic E-state index is 0.0768. The number of likely N-dealkylation sites (tertiary alicyclic amines) is 1. The van der Waals surface area contributed by atoms with Crippen LogP contribution in [0.1, 0.15) is 17.7 Å². The van der Waals surface area contributed by atoms with Crippen molar-refractivity contribution in [2.24, 2.45) is 5.92 Å². The van der Waals surface area contributed by atoms with Crippen molar-refractivity contribution < 1.29 is 9.53 Å². The van der Waals surface area contributed by atoms with Gasteiger partial charge >= 0.3 is 0 Å². The lowest BCUT2D eigenvalue weighted by Gasteiger charge is -2.16. The number of nitrogens with zero attached hydrogens (tertiary/aromatic N) is 2. The van der Waals surface area contributed by atoms with E-state index in [9.17, 15) is 4.79 Å². The van der Waals surface area contributed by atoms with Crippen LogP contribution >= 0.6 is 0 Å². The fraction of sp³-hybridized carbons (Fsp3) is 0.600. The summed E-state index contributed by atoms with van der Waals surface area (Å²) in [7, 11) is 3.39. The van der Waals surface area contributed by atoms with Gasteiger partial charge in [-0.25, -0.2) is 0 Å². The van der Waals surface area contributed by atoms with Crippen molar-refractivity contribution in [3.05, 3.63) is 29.6 Å². The molecule has 5 nitrogen and oxygen atoms in total. The van der Waals surface area contributed by atoms with Crippen molar-refractivity contribution in [2.75, 3.05) is 27.2 Å². The van der Waals surface area contributed by atoms with E-state index in [2.05, 4.69) is 28.2 Å². The highest BCUT2D eigenvalue weighted by Gasteiger charge is 2.34. The maximum absolute atomic E-state index is 11.6. The summed E-state index contributed by atoms with van der Waals surface area (Å²) in [6.45, 7) is 4.63. The molecule has 2 rings (SSSR count). The number of ether oxygens (including phenoxy) is 1. The monoisotopic (exact) mass is 277 g/mol. The minimum atomic E-state index is 0.0768. The zero-order valence-electron chi connectivity index (χ0n) is 12.4. The van der Waals surface area contributed by atoms with E-state index in [0.717, 1.165) is 25.3 Å². The second-order valence-corrected chi connectivity index (χ2v) is 5.37. The van der Waals surface area contributed by atoms with Gasteiger partial charge in [-0.15, -0.1) is 0 Å². The Labute approximate surface area is 120 Å². The minimum Gasteiger partial charge on any atom is -0.380 e. The third kappa shape index (κ3) is 3.55. The van der Waals surface area contributed by atoms with Gasteiger partial charge in [-0.2, -0.15) is 0 Å². The molecule has 2 atom stereocenters. The van der Waals surface area contributed by atoms with E-state index >= 15 is 0 Å². The van der Waals surface area contributed by atoms with Gasteiger partial charge in [-0.05, 0) is 18.6 Å². The van der Waals surface area contributed by atoms with Crippen molar-refractivity contribution in [3.63, 3.8) is 0 Å². The van der Waals surface area contributed by atoms with Crippen LogP contribution in [0.3, 0.4) is 0 Å². The summed E-state index contributed by atoms with van der Waals surface area (Å²) in [5.74, 6) is 0.330. The van der Waals surface area contributed by atoms with E-state index in [1.807, 2.05) is 12.3 Å². The Morgan fingerprint density at radius 3 is 3.00 bits per heavy atom. The smallest absolute Gasteiger partial charge is 0.220 e. The van der Waals surface area contributed by atoms with Gasteiger partial charge in [0.05, 0.1) is 11.8 Å². The van der Waals surface area contributed by atoms with Crippen LogP contribution in [0, 0.1) is 12.8 Å². The van der Waals surface area contributed by atoms with Gasteiger partial charge < -0.3 is 10.1 Å². The van der Waals surface area contributed by atoms with Gasteiger partial charge in [0.1, 0.15) is 0 Å². The molecular weight excluding hydrogens is 254 g/mol. The molecule has 1 aromatic rings. The van der Waals surface area contributed by atoms with Crippen LogP contribution in [0.5, 0.6) is 0 Å². The summed E-state index contributed by atoms with van der Waals surface area (Å²) in [5, 5.41) is 2.68. The number of carbonyl (C=O) groups excluding carboxylic acids is 1. The number of carbonyl (C=O) groups is 1. The topological polar surface area (TPSA) is 54.5 Å². The molecule has 110 valence electrons. The molecule has 0 aliphatic carbocycles. The van der Waals surface area contributed by atoms with Crippen molar-refractivity contribution in [1.82, 2.24) is 15.2 Å². The normalized spacial score (nSPS) is 22.9. The highest BCUT2D eigenvalue weighted by Crippen LogP contribution is 2.24. The summed E-state index contributed by atoms with van der Waals surface area (Å²) in [5.41, 5.74) is 2.30. The summed E-state index contributed by atoms with van der Waals surface area (Å²) < 4.78 is 5.53. The first-order valence-corrected chi connectivity index (χ1v) is 7.00. The molecule has 0 bridgehead atoms. The van der Waals surface area contributed by atoms with Crippen LogP contribution in [0.15, 0.2) is 18.3 Å². The van der Waals surface area contributed by atoms with Crippen LogP contribution in [0.2, 0.25) is 0 Å². The average Bonchev–Trinajstić information content (AvgIpc) is 2.83. The first kappa shape index (κ1) is 14.9. The maximum atomic E-state index is 11.6. The highest BCUT2D eigenvalue weighted by molar-refractivity contribution is 5.75. The molecule has 1 N–H and O–H groups in total. The molecule has 0 aromatic carbocycles. The van der Waals surface area contributed by atoms with Gasteiger partial charge in [0.2, 0.25) is 5.91 Å². The molecule has 1 amide bonds. The summed E-state index contributed by atoms with van der Waals surface area (Å²) >= 11 is 0. The Morgan fingerprint density at radius 2 is 2.35 bits per heavy atom. The van der Waals surface area contributed by atoms with Crippen molar-refractivity contribution in [3.8, 4) is 0 Å². The standard InChI is InChI=1S/C15H23N3O2/c1-11-5-4-6-17-13(11)9-18-8-12(7-15(19)16-2)14(10-18)20-3/h4-6,12,14H,7-10H2,1-3H3,(H,16,19)/t12-,14-/m0/s1. The van der Waals surface area contributed by atoms with Gasteiger partial charge in [-0.1, -0.05) is 6.07 Å². The second kappa shape index (κ2) is 6.81. The lowest BCUT2D eigenvalue weighted by Crippen LogP contribution is -2.28. The predicted molar refractivity (Wildman–Crippen MR) is 77.2 cm³/mol. The van der Waals surface area contributed by atoms with E-state index in [-0.39, 0.29) is 17.9 Å². The Balaban J connectivity index is 1.98. The molecule has 0 spiro atoms. The van der Waals surface area contributed by atoms with Crippen molar-refractivity contribution in [1.29, 1.82) is 0 Å². The number of pyridine rings is 1. The van der Waals surface area contributed by atoms with E-state index in [1.165, 1.54) is 5.56 Å². The predicted octanol–water partition coefficient (Wildman–Crippen LogP) is 0.973.